The third-order valence-corrected chi connectivity index (χ3v) is 2.35. The standard InChI is InChI=1S/C12H18N2O2.ClH/c1-8-3-5-10(6-4-8)11(15)7-14-12(16)9(2)13;/h3-6,9,11,15H,7,13H2,1-2H3,(H,14,16);1H/t9-,11?;/m1./s1. The first-order valence-electron chi connectivity index (χ1n) is 5.28. The molecule has 0 radical (unpaired) electrons. The van der Waals surface area contributed by atoms with Crippen LogP contribution in [-0.2, 0) is 4.79 Å². The molecule has 1 aromatic carbocycles. The van der Waals surface area contributed by atoms with Crippen molar-refractivity contribution < 1.29 is 9.90 Å². The second kappa shape index (κ2) is 7.27. The van der Waals surface area contributed by atoms with Crippen molar-refractivity contribution in [3.63, 3.8) is 0 Å². The molecule has 1 aromatic rings. The SMILES string of the molecule is Cc1ccc(C(O)CNC(=O)[C@@H](C)N)cc1.Cl. The summed E-state index contributed by atoms with van der Waals surface area (Å²) in [6.07, 6.45) is -0.691. The Balaban J connectivity index is 0.00000256. The van der Waals surface area contributed by atoms with Gasteiger partial charge >= 0.3 is 0 Å². The van der Waals surface area contributed by atoms with Crippen molar-refractivity contribution in [2.45, 2.75) is 26.0 Å². The number of hydrogen-bond donors (Lipinski definition) is 3. The van der Waals surface area contributed by atoms with E-state index in [1.54, 1.807) is 6.92 Å². The summed E-state index contributed by atoms with van der Waals surface area (Å²) in [4.78, 5) is 11.2. The molecule has 0 heterocycles. The molecule has 17 heavy (non-hydrogen) atoms. The second-order valence-electron chi connectivity index (χ2n) is 3.96. The van der Waals surface area contributed by atoms with Gasteiger partial charge in [0.2, 0.25) is 5.91 Å². The van der Waals surface area contributed by atoms with E-state index >= 15 is 0 Å². The average Bonchev–Trinajstić information content (AvgIpc) is 2.26. The van der Waals surface area contributed by atoms with Gasteiger partial charge in [0.1, 0.15) is 0 Å². The molecule has 0 aliphatic carbocycles. The van der Waals surface area contributed by atoms with Crippen LogP contribution in [-0.4, -0.2) is 23.6 Å². The highest BCUT2D eigenvalue weighted by Gasteiger charge is 2.11. The predicted octanol–water partition coefficient (Wildman–Crippen LogP) is 0.914. The molecule has 1 rings (SSSR count). The predicted molar refractivity (Wildman–Crippen MR) is 70.0 cm³/mol. The van der Waals surface area contributed by atoms with E-state index in [1.165, 1.54) is 0 Å². The topological polar surface area (TPSA) is 75.3 Å². The maximum atomic E-state index is 11.2. The first-order chi connectivity index (χ1) is 7.50. The van der Waals surface area contributed by atoms with Gasteiger partial charge in [-0.25, -0.2) is 0 Å². The zero-order chi connectivity index (χ0) is 12.1. The molecule has 1 unspecified atom stereocenters. The van der Waals surface area contributed by atoms with Gasteiger partial charge in [-0.15, -0.1) is 12.4 Å². The van der Waals surface area contributed by atoms with Gasteiger partial charge < -0.3 is 16.2 Å². The quantitative estimate of drug-likeness (QED) is 0.752. The number of aliphatic hydroxyl groups is 1. The number of halogens is 1. The largest absolute Gasteiger partial charge is 0.387 e. The van der Waals surface area contributed by atoms with E-state index in [1.807, 2.05) is 31.2 Å². The summed E-state index contributed by atoms with van der Waals surface area (Å²) < 4.78 is 0. The number of rotatable bonds is 4. The second-order valence-corrected chi connectivity index (χ2v) is 3.96. The fourth-order valence-corrected chi connectivity index (χ4v) is 1.26. The summed E-state index contributed by atoms with van der Waals surface area (Å²) in [5.74, 6) is -0.258. The summed E-state index contributed by atoms with van der Waals surface area (Å²) in [5, 5.41) is 12.4. The number of aryl methyl sites for hydroxylation is 1. The Morgan fingerprint density at radius 1 is 1.41 bits per heavy atom. The summed E-state index contributed by atoms with van der Waals surface area (Å²) >= 11 is 0. The molecule has 96 valence electrons. The summed E-state index contributed by atoms with van der Waals surface area (Å²) in [6, 6.07) is 6.98. The fourth-order valence-electron chi connectivity index (χ4n) is 1.26. The number of benzene rings is 1. The Hall–Kier alpha value is -1.10. The molecular formula is C12H19ClN2O2. The van der Waals surface area contributed by atoms with E-state index in [9.17, 15) is 9.90 Å². The highest BCUT2D eigenvalue weighted by atomic mass is 35.5. The van der Waals surface area contributed by atoms with Crippen LogP contribution >= 0.6 is 12.4 Å². The van der Waals surface area contributed by atoms with E-state index in [-0.39, 0.29) is 24.9 Å². The van der Waals surface area contributed by atoms with E-state index in [2.05, 4.69) is 5.32 Å². The average molecular weight is 259 g/mol. The van der Waals surface area contributed by atoms with Gasteiger partial charge in [-0.3, -0.25) is 4.79 Å². The number of carbonyl (C=O) groups excluding carboxylic acids is 1. The Morgan fingerprint density at radius 3 is 2.41 bits per heavy atom. The molecule has 0 aliphatic rings. The number of amides is 1. The normalized spacial score (nSPS) is 13.4. The maximum Gasteiger partial charge on any atom is 0.236 e. The Morgan fingerprint density at radius 2 is 1.94 bits per heavy atom. The van der Waals surface area contributed by atoms with Gasteiger partial charge in [-0.2, -0.15) is 0 Å². The number of carbonyl (C=O) groups is 1. The van der Waals surface area contributed by atoms with Crippen LogP contribution in [0.25, 0.3) is 0 Å². The molecule has 0 bridgehead atoms. The van der Waals surface area contributed by atoms with E-state index in [4.69, 9.17) is 5.73 Å². The van der Waals surface area contributed by atoms with E-state index in [0.717, 1.165) is 11.1 Å². The molecule has 1 amide bonds. The maximum absolute atomic E-state index is 11.2. The van der Waals surface area contributed by atoms with Crippen LogP contribution in [0.4, 0.5) is 0 Å². The van der Waals surface area contributed by atoms with Crippen molar-refractivity contribution in [3.05, 3.63) is 35.4 Å². The lowest BCUT2D eigenvalue weighted by Crippen LogP contribution is -2.40. The van der Waals surface area contributed by atoms with Gasteiger partial charge in [0.15, 0.2) is 0 Å². The third-order valence-electron chi connectivity index (χ3n) is 2.35. The number of nitrogens with two attached hydrogens (primary N) is 1. The number of aliphatic hydroxyl groups excluding tert-OH is 1. The van der Waals surface area contributed by atoms with Gasteiger partial charge in [0.25, 0.3) is 0 Å². The molecule has 0 aliphatic heterocycles. The van der Waals surface area contributed by atoms with Gasteiger partial charge in [-0.1, -0.05) is 29.8 Å². The van der Waals surface area contributed by atoms with Crippen molar-refractivity contribution in [2.24, 2.45) is 5.73 Å². The summed E-state index contributed by atoms with van der Waals surface area (Å²) in [6.45, 7) is 3.77. The van der Waals surface area contributed by atoms with E-state index < -0.39 is 12.1 Å². The highest BCUT2D eigenvalue weighted by molar-refractivity contribution is 5.85. The first kappa shape index (κ1) is 15.9. The van der Waals surface area contributed by atoms with Crippen LogP contribution in [0.15, 0.2) is 24.3 Å². The molecule has 0 saturated carbocycles. The highest BCUT2D eigenvalue weighted by Crippen LogP contribution is 2.12. The van der Waals surface area contributed by atoms with Gasteiger partial charge in [-0.05, 0) is 19.4 Å². The Bertz CT molecular complexity index is 352. The van der Waals surface area contributed by atoms with Gasteiger partial charge in [0.05, 0.1) is 12.1 Å². The van der Waals surface area contributed by atoms with Crippen LogP contribution in [0, 0.1) is 6.92 Å². The molecule has 4 nitrogen and oxygen atoms in total. The van der Waals surface area contributed by atoms with Crippen LogP contribution in [0.2, 0.25) is 0 Å². The minimum absolute atomic E-state index is 0. The summed E-state index contributed by atoms with van der Waals surface area (Å²) in [5.41, 5.74) is 7.31. The molecule has 0 fully saturated rings. The lowest BCUT2D eigenvalue weighted by Gasteiger charge is -2.13. The molecule has 2 atom stereocenters. The molecule has 0 spiro atoms. The molecule has 5 heteroatoms. The molecule has 0 aromatic heterocycles. The first-order valence-corrected chi connectivity index (χ1v) is 5.28. The zero-order valence-corrected chi connectivity index (χ0v) is 10.8. The lowest BCUT2D eigenvalue weighted by atomic mass is 10.1. The van der Waals surface area contributed by atoms with E-state index in [0.29, 0.717) is 0 Å². The van der Waals surface area contributed by atoms with Crippen LogP contribution < -0.4 is 11.1 Å². The Kier molecular flexibility index (Phi) is 6.80. The molecule has 4 N–H and O–H groups in total. The van der Waals surface area contributed by atoms with Crippen LogP contribution in [0.3, 0.4) is 0 Å². The van der Waals surface area contributed by atoms with Crippen LogP contribution in [0.5, 0.6) is 0 Å². The van der Waals surface area contributed by atoms with Crippen molar-refractivity contribution in [1.82, 2.24) is 5.32 Å². The van der Waals surface area contributed by atoms with Crippen molar-refractivity contribution in [3.8, 4) is 0 Å². The minimum Gasteiger partial charge on any atom is -0.387 e. The monoisotopic (exact) mass is 258 g/mol. The third kappa shape index (κ3) is 5.17. The fraction of sp³-hybridized carbons (Fsp3) is 0.417. The molecule has 0 saturated heterocycles. The van der Waals surface area contributed by atoms with Gasteiger partial charge in [0, 0.05) is 6.54 Å². The Labute approximate surface area is 108 Å². The molecular weight excluding hydrogens is 240 g/mol. The summed E-state index contributed by atoms with van der Waals surface area (Å²) in [7, 11) is 0. The van der Waals surface area contributed by atoms with Crippen LogP contribution in [0.1, 0.15) is 24.2 Å². The van der Waals surface area contributed by atoms with Crippen molar-refractivity contribution in [1.29, 1.82) is 0 Å². The number of nitrogens with one attached hydrogen (secondary N) is 1. The minimum atomic E-state index is -0.691. The van der Waals surface area contributed by atoms with Crippen molar-refractivity contribution in [2.75, 3.05) is 6.54 Å². The smallest absolute Gasteiger partial charge is 0.236 e. The van der Waals surface area contributed by atoms with Crippen molar-refractivity contribution >= 4 is 18.3 Å². The lowest BCUT2D eigenvalue weighted by molar-refractivity contribution is -0.122. The zero-order valence-electron chi connectivity index (χ0n) is 10.0. The number of hydrogen-bond acceptors (Lipinski definition) is 3.